The molecule has 0 bridgehead atoms. The number of aromatic nitrogens is 2. The van der Waals surface area contributed by atoms with Gasteiger partial charge in [-0.1, -0.05) is 30.9 Å². The first-order valence-corrected chi connectivity index (χ1v) is 9.06. The summed E-state index contributed by atoms with van der Waals surface area (Å²) in [6.07, 6.45) is 4.67. The Hall–Kier alpha value is -3.12. The van der Waals surface area contributed by atoms with Gasteiger partial charge >= 0.3 is 0 Å². The van der Waals surface area contributed by atoms with E-state index in [0.717, 1.165) is 10.9 Å². The average molecular weight is 350 g/mol. The van der Waals surface area contributed by atoms with Crippen molar-refractivity contribution in [3.63, 3.8) is 0 Å². The topological polar surface area (TPSA) is 71.9 Å². The summed E-state index contributed by atoms with van der Waals surface area (Å²) >= 11 is 0. The van der Waals surface area contributed by atoms with Gasteiger partial charge in [-0.05, 0) is 35.9 Å². The monoisotopic (exact) mass is 350 g/mol. The number of nitrogens with zero attached hydrogens (tertiary/aromatic N) is 1. The van der Waals surface area contributed by atoms with Gasteiger partial charge in [-0.25, -0.2) is 12.4 Å². The highest BCUT2D eigenvalue weighted by atomic mass is 32.2. The summed E-state index contributed by atoms with van der Waals surface area (Å²) in [5, 5.41) is 1.54. The minimum Gasteiger partial charge on any atom is -0.329 e. The van der Waals surface area contributed by atoms with Crippen LogP contribution < -0.4 is 5.56 Å². The maximum atomic E-state index is 13.3. The molecule has 0 amide bonds. The standard InChI is InChI=1S/C19H14N2O3S/c1-2-13-5-3-7-17-14(13)10-12-21(17)25(23,24)18-8-4-6-16-15(18)9-11-20-19(16)22/h2-12H,1H2,(H,20,22). The van der Waals surface area contributed by atoms with E-state index in [0.29, 0.717) is 16.3 Å². The van der Waals surface area contributed by atoms with Crippen molar-refractivity contribution >= 4 is 37.8 Å². The fraction of sp³-hybridized carbons (Fsp3) is 0. The van der Waals surface area contributed by atoms with Gasteiger partial charge in [0.05, 0.1) is 10.4 Å². The molecule has 0 unspecified atom stereocenters. The molecule has 2 aromatic heterocycles. The molecule has 0 saturated carbocycles. The Kier molecular flexibility index (Phi) is 3.36. The third-order valence-corrected chi connectivity index (χ3v) is 6.01. The van der Waals surface area contributed by atoms with Crippen LogP contribution in [-0.4, -0.2) is 17.4 Å². The molecule has 25 heavy (non-hydrogen) atoms. The van der Waals surface area contributed by atoms with E-state index >= 15 is 0 Å². The number of pyridine rings is 1. The molecule has 0 fully saturated rings. The SMILES string of the molecule is C=Cc1cccc2c1ccn2S(=O)(=O)c1cccc2c(=O)[nH]ccc12. The van der Waals surface area contributed by atoms with E-state index in [1.54, 1.807) is 42.5 Å². The Morgan fingerprint density at radius 2 is 1.76 bits per heavy atom. The van der Waals surface area contributed by atoms with Crippen molar-refractivity contribution in [2.24, 2.45) is 0 Å². The fourth-order valence-corrected chi connectivity index (χ4v) is 4.64. The summed E-state index contributed by atoms with van der Waals surface area (Å²) in [4.78, 5) is 14.6. The minimum absolute atomic E-state index is 0.0950. The summed E-state index contributed by atoms with van der Waals surface area (Å²) in [7, 11) is -3.86. The maximum absolute atomic E-state index is 13.3. The summed E-state index contributed by atoms with van der Waals surface area (Å²) in [5.74, 6) is 0. The van der Waals surface area contributed by atoms with Crippen molar-refractivity contribution in [1.29, 1.82) is 0 Å². The van der Waals surface area contributed by atoms with Crippen LogP contribution in [0.4, 0.5) is 0 Å². The van der Waals surface area contributed by atoms with Gasteiger partial charge in [0.15, 0.2) is 0 Å². The number of benzene rings is 2. The average Bonchev–Trinajstić information content (AvgIpc) is 3.06. The Balaban J connectivity index is 2.06. The number of hydrogen-bond donors (Lipinski definition) is 1. The molecule has 1 N–H and O–H groups in total. The molecule has 0 spiro atoms. The van der Waals surface area contributed by atoms with Crippen LogP contribution in [0.3, 0.4) is 0 Å². The van der Waals surface area contributed by atoms with Gasteiger partial charge in [-0.2, -0.15) is 0 Å². The second-order valence-corrected chi connectivity index (χ2v) is 7.41. The molecule has 5 nitrogen and oxygen atoms in total. The first-order valence-electron chi connectivity index (χ1n) is 7.62. The number of aromatic amines is 1. The van der Waals surface area contributed by atoms with E-state index in [4.69, 9.17) is 0 Å². The van der Waals surface area contributed by atoms with Crippen molar-refractivity contribution in [3.05, 3.63) is 83.4 Å². The molecule has 0 aliphatic rings. The molecule has 0 radical (unpaired) electrons. The van der Waals surface area contributed by atoms with Crippen molar-refractivity contribution < 1.29 is 8.42 Å². The summed E-state index contributed by atoms with van der Waals surface area (Å²) < 4.78 is 27.8. The van der Waals surface area contributed by atoms with Crippen LogP contribution in [-0.2, 0) is 10.0 Å². The highest BCUT2D eigenvalue weighted by molar-refractivity contribution is 7.90. The lowest BCUT2D eigenvalue weighted by Crippen LogP contribution is -2.14. The van der Waals surface area contributed by atoms with Crippen LogP contribution in [0.15, 0.2) is 77.2 Å². The molecule has 124 valence electrons. The van der Waals surface area contributed by atoms with Crippen LogP contribution >= 0.6 is 0 Å². The molecule has 4 rings (SSSR count). The minimum atomic E-state index is -3.86. The van der Waals surface area contributed by atoms with Crippen molar-refractivity contribution in [3.8, 4) is 0 Å². The Labute approximate surface area is 143 Å². The smallest absolute Gasteiger partial charge is 0.268 e. The third kappa shape index (κ3) is 2.22. The molecule has 0 atom stereocenters. The van der Waals surface area contributed by atoms with Crippen molar-refractivity contribution in [1.82, 2.24) is 8.96 Å². The van der Waals surface area contributed by atoms with E-state index in [9.17, 15) is 13.2 Å². The molecular weight excluding hydrogens is 336 g/mol. The lowest BCUT2D eigenvalue weighted by Gasteiger charge is -2.10. The van der Waals surface area contributed by atoms with Gasteiger partial charge in [0.25, 0.3) is 15.6 Å². The highest BCUT2D eigenvalue weighted by Gasteiger charge is 2.22. The largest absolute Gasteiger partial charge is 0.329 e. The molecule has 2 heterocycles. The molecule has 0 saturated heterocycles. The van der Waals surface area contributed by atoms with Crippen LogP contribution in [0, 0.1) is 0 Å². The Morgan fingerprint density at radius 1 is 0.960 bits per heavy atom. The molecule has 2 aromatic carbocycles. The van der Waals surface area contributed by atoms with Gasteiger partial charge in [0.1, 0.15) is 0 Å². The van der Waals surface area contributed by atoms with E-state index in [2.05, 4.69) is 11.6 Å². The van der Waals surface area contributed by atoms with E-state index in [1.165, 1.54) is 22.4 Å². The molecular formula is C19H14N2O3S. The van der Waals surface area contributed by atoms with Gasteiger partial charge in [-0.3, -0.25) is 4.79 Å². The predicted molar refractivity (Wildman–Crippen MR) is 99.2 cm³/mol. The second kappa shape index (κ2) is 5.46. The lowest BCUT2D eigenvalue weighted by molar-refractivity contribution is 0.590. The summed E-state index contributed by atoms with van der Waals surface area (Å²) in [6.45, 7) is 3.76. The lowest BCUT2D eigenvalue weighted by atomic mass is 10.1. The van der Waals surface area contributed by atoms with Gasteiger partial charge in [0.2, 0.25) is 0 Å². The van der Waals surface area contributed by atoms with Gasteiger partial charge in [-0.15, -0.1) is 0 Å². The first-order chi connectivity index (χ1) is 12.0. The molecule has 0 aliphatic carbocycles. The number of nitrogens with one attached hydrogen (secondary N) is 1. The molecule has 6 heteroatoms. The number of fused-ring (bicyclic) bond motifs is 2. The third-order valence-electron chi connectivity index (χ3n) is 4.26. The highest BCUT2D eigenvalue weighted by Crippen LogP contribution is 2.28. The second-order valence-electron chi connectivity index (χ2n) is 5.62. The first kappa shape index (κ1) is 15.4. The van der Waals surface area contributed by atoms with Crippen LogP contribution in [0.25, 0.3) is 27.8 Å². The molecule has 4 aromatic rings. The Morgan fingerprint density at radius 3 is 2.56 bits per heavy atom. The van der Waals surface area contributed by atoms with Crippen LogP contribution in [0.5, 0.6) is 0 Å². The van der Waals surface area contributed by atoms with Crippen molar-refractivity contribution in [2.75, 3.05) is 0 Å². The summed E-state index contributed by atoms with van der Waals surface area (Å²) in [6, 6.07) is 13.5. The van der Waals surface area contributed by atoms with Gasteiger partial charge < -0.3 is 4.98 Å². The number of hydrogen-bond acceptors (Lipinski definition) is 3. The normalized spacial score (nSPS) is 11.8. The van der Waals surface area contributed by atoms with Crippen LogP contribution in [0.1, 0.15) is 5.56 Å². The maximum Gasteiger partial charge on any atom is 0.268 e. The quantitative estimate of drug-likeness (QED) is 0.616. The zero-order valence-corrected chi connectivity index (χ0v) is 14.0. The van der Waals surface area contributed by atoms with E-state index in [-0.39, 0.29) is 10.5 Å². The van der Waals surface area contributed by atoms with Crippen molar-refractivity contribution in [2.45, 2.75) is 4.90 Å². The zero-order valence-electron chi connectivity index (χ0n) is 13.1. The predicted octanol–water partition coefficient (Wildman–Crippen LogP) is 3.36. The number of rotatable bonds is 3. The van der Waals surface area contributed by atoms with Crippen LogP contribution in [0.2, 0.25) is 0 Å². The summed E-state index contributed by atoms with van der Waals surface area (Å²) in [5.41, 5.74) is 1.11. The van der Waals surface area contributed by atoms with Gasteiger partial charge in [0, 0.05) is 28.6 Å². The Bertz CT molecular complexity index is 1300. The molecule has 0 aliphatic heterocycles. The number of H-pyrrole nitrogens is 1. The van der Waals surface area contributed by atoms with E-state index < -0.39 is 10.0 Å². The fourth-order valence-electron chi connectivity index (χ4n) is 3.08. The zero-order chi connectivity index (χ0) is 17.6. The van der Waals surface area contributed by atoms with E-state index in [1.807, 2.05) is 6.07 Å².